The molecule has 0 aliphatic heterocycles. The van der Waals surface area contributed by atoms with Crippen molar-refractivity contribution in [1.82, 2.24) is 15.2 Å². The van der Waals surface area contributed by atoms with Crippen molar-refractivity contribution in [2.24, 2.45) is 0 Å². The molecule has 0 aliphatic rings. The first-order valence-corrected chi connectivity index (χ1v) is 12.8. The molecule has 0 atom stereocenters. The molecule has 0 radical (unpaired) electrons. The first-order valence-electron chi connectivity index (χ1n) is 10.0. The van der Waals surface area contributed by atoms with E-state index in [9.17, 15) is 9.18 Å². The smallest absolute Gasteiger partial charge is 0.234 e. The molecule has 0 aliphatic carbocycles. The summed E-state index contributed by atoms with van der Waals surface area (Å²) in [7, 11) is 0. The van der Waals surface area contributed by atoms with Gasteiger partial charge in [0, 0.05) is 24.2 Å². The van der Waals surface area contributed by atoms with Gasteiger partial charge in [0.2, 0.25) is 11.0 Å². The van der Waals surface area contributed by atoms with E-state index in [0.29, 0.717) is 16.0 Å². The molecule has 4 aromatic rings. The Kier molecular flexibility index (Phi) is 8.29. The van der Waals surface area contributed by atoms with E-state index in [0.717, 1.165) is 27.6 Å². The first-order chi connectivity index (χ1) is 16.1. The van der Waals surface area contributed by atoms with Crippen LogP contribution in [0.15, 0.2) is 82.3 Å². The van der Waals surface area contributed by atoms with E-state index >= 15 is 0 Å². The van der Waals surface area contributed by atoms with Crippen LogP contribution in [0.25, 0.3) is 0 Å². The van der Waals surface area contributed by atoms with Crippen molar-refractivity contribution < 1.29 is 9.18 Å². The van der Waals surface area contributed by atoms with Crippen LogP contribution in [0, 0.1) is 5.82 Å². The van der Waals surface area contributed by atoms with Gasteiger partial charge in [-0.2, -0.15) is 0 Å². The third kappa shape index (κ3) is 7.55. The molecule has 168 valence electrons. The van der Waals surface area contributed by atoms with E-state index in [4.69, 9.17) is 0 Å². The van der Waals surface area contributed by atoms with Gasteiger partial charge in [-0.05, 0) is 47.5 Å². The Hall–Kier alpha value is -2.95. The van der Waals surface area contributed by atoms with Crippen LogP contribution in [0.3, 0.4) is 0 Å². The average Bonchev–Trinajstić information content (AvgIpc) is 3.30. The average molecular weight is 498 g/mol. The van der Waals surface area contributed by atoms with Gasteiger partial charge in [0.05, 0.1) is 10.8 Å². The second kappa shape index (κ2) is 11.8. The normalized spacial score (nSPS) is 10.7. The molecule has 2 aromatic carbocycles. The van der Waals surface area contributed by atoms with Crippen LogP contribution in [-0.2, 0) is 17.1 Å². The van der Waals surface area contributed by atoms with Crippen molar-refractivity contribution in [1.29, 1.82) is 0 Å². The Morgan fingerprint density at radius 2 is 1.85 bits per heavy atom. The molecule has 0 saturated heterocycles. The second-order valence-corrected chi connectivity index (χ2v) is 10.0. The molecule has 0 spiro atoms. The van der Waals surface area contributed by atoms with Crippen LogP contribution in [0.1, 0.15) is 11.1 Å². The highest BCUT2D eigenvalue weighted by molar-refractivity contribution is 8.01. The number of aromatic nitrogens is 3. The van der Waals surface area contributed by atoms with Gasteiger partial charge in [0.15, 0.2) is 4.34 Å². The summed E-state index contributed by atoms with van der Waals surface area (Å²) in [4.78, 5) is 16.7. The molecule has 0 unspecified atom stereocenters. The van der Waals surface area contributed by atoms with Gasteiger partial charge in [0.25, 0.3) is 0 Å². The number of carbonyl (C=O) groups excluding carboxylic acids is 1. The van der Waals surface area contributed by atoms with Crippen LogP contribution in [-0.4, -0.2) is 26.8 Å². The molecule has 0 bridgehead atoms. The van der Waals surface area contributed by atoms with Gasteiger partial charge in [-0.15, -0.1) is 22.0 Å². The number of halogens is 1. The molecule has 0 fully saturated rings. The van der Waals surface area contributed by atoms with E-state index in [1.165, 1.54) is 35.2 Å². The summed E-state index contributed by atoms with van der Waals surface area (Å²) < 4.78 is 13.7. The van der Waals surface area contributed by atoms with Crippen LogP contribution >= 0.6 is 34.9 Å². The minimum atomic E-state index is -0.262. The van der Waals surface area contributed by atoms with Crippen molar-refractivity contribution in [2.75, 3.05) is 16.4 Å². The second-order valence-electron chi connectivity index (χ2n) is 6.85. The van der Waals surface area contributed by atoms with Crippen LogP contribution in [0.4, 0.5) is 15.2 Å². The van der Waals surface area contributed by atoms with E-state index < -0.39 is 0 Å². The number of nitrogens with one attached hydrogen (secondary N) is 2. The fourth-order valence-electron chi connectivity index (χ4n) is 2.77. The maximum Gasteiger partial charge on any atom is 0.234 e. The fraction of sp³-hybridized carbons (Fsp3) is 0.130. The molecule has 2 N–H and O–H groups in total. The van der Waals surface area contributed by atoms with Crippen molar-refractivity contribution >= 4 is 51.6 Å². The molecule has 2 aromatic heterocycles. The molecular formula is C23H20FN5OS3. The van der Waals surface area contributed by atoms with Crippen LogP contribution in [0.5, 0.6) is 0 Å². The number of hydrogen-bond acceptors (Lipinski definition) is 8. The van der Waals surface area contributed by atoms with Crippen molar-refractivity contribution in [3.05, 3.63) is 89.9 Å². The molecule has 6 nitrogen and oxygen atoms in total. The predicted octanol–water partition coefficient (Wildman–Crippen LogP) is 5.71. The number of anilines is 2. The third-order valence-corrected chi connectivity index (χ3v) is 7.35. The number of nitrogens with zero attached hydrogens (tertiary/aromatic N) is 3. The zero-order chi connectivity index (χ0) is 22.9. The van der Waals surface area contributed by atoms with E-state index in [1.54, 1.807) is 30.1 Å². The lowest BCUT2D eigenvalue weighted by molar-refractivity contribution is -0.113. The number of amides is 1. The number of carbonyl (C=O) groups is 1. The van der Waals surface area contributed by atoms with E-state index in [2.05, 4.69) is 25.8 Å². The molecule has 1 amide bonds. The molecule has 4 rings (SSSR count). The number of thioether (sulfide) groups is 2. The lowest BCUT2D eigenvalue weighted by Crippen LogP contribution is -2.14. The van der Waals surface area contributed by atoms with Crippen molar-refractivity contribution in [3.63, 3.8) is 0 Å². The van der Waals surface area contributed by atoms with Crippen molar-refractivity contribution in [2.45, 2.75) is 21.7 Å². The summed E-state index contributed by atoms with van der Waals surface area (Å²) in [5.74, 6) is 0.639. The maximum atomic E-state index is 13.0. The standard InChI is InChI=1S/C23H20FN5OS3/c24-18-9-7-16(8-10-18)13-26-22-28-29-23(33-22)32-15-20(30)27-19-5-3-4-17(12-19)14-31-21-6-1-2-11-25-21/h1-12H,13-15H2,(H,26,28)(H,27,30). The Morgan fingerprint density at radius 1 is 0.970 bits per heavy atom. The van der Waals surface area contributed by atoms with Gasteiger partial charge in [0.1, 0.15) is 5.82 Å². The van der Waals surface area contributed by atoms with Crippen LogP contribution in [0.2, 0.25) is 0 Å². The number of rotatable bonds is 10. The number of pyridine rings is 1. The summed E-state index contributed by atoms with van der Waals surface area (Å²) in [5, 5.41) is 15.9. The predicted molar refractivity (Wildman–Crippen MR) is 133 cm³/mol. The summed E-state index contributed by atoms with van der Waals surface area (Å²) >= 11 is 4.36. The Labute approximate surface area is 203 Å². The zero-order valence-electron chi connectivity index (χ0n) is 17.4. The Bertz CT molecular complexity index is 1190. The van der Waals surface area contributed by atoms with Gasteiger partial charge in [-0.1, -0.05) is 53.4 Å². The quantitative estimate of drug-likeness (QED) is 0.272. The minimum absolute atomic E-state index is 0.106. The van der Waals surface area contributed by atoms with Crippen molar-refractivity contribution in [3.8, 4) is 0 Å². The third-order valence-electron chi connectivity index (χ3n) is 4.33. The topological polar surface area (TPSA) is 79.8 Å². The highest BCUT2D eigenvalue weighted by Crippen LogP contribution is 2.26. The summed E-state index contributed by atoms with van der Waals surface area (Å²) in [6, 6.07) is 19.9. The van der Waals surface area contributed by atoms with Gasteiger partial charge in [-0.25, -0.2) is 9.37 Å². The fourth-order valence-corrected chi connectivity index (χ4v) is 5.12. The monoisotopic (exact) mass is 497 g/mol. The van der Waals surface area contributed by atoms with Gasteiger partial charge < -0.3 is 10.6 Å². The van der Waals surface area contributed by atoms with Gasteiger partial charge >= 0.3 is 0 Å². The maximum absolute atomic E-state index is 13.0. The lowest BCUT2D eigenvalue weighted by atomic mass is 10.2. The first kappa shape index (κ1) is 23.2. The molecular weight excluding hydrogens is 477 g/mol. The number of hydrogen-bond donors (Lipinski definition) is 2. The van der Waals surface area contributed by atoms with E-state index in [-0.39, 0.29) is 17.5 Å². The SMILES string of the molecule is O=C(CSc1nnc(NCc2ccc(F)cc2)s1)Nc1cccc(CSc2ccccn2)c1. The summed E-state index contributed by atoms with van der Waals surface area (Å²) in [5.41, 5.74) is 2.82. The molecule has 10 heteroatoms. The summed E-state index contributed by atoms with van der Waals surface area (Å²) in [6.07, 6.45) is 1.78. The largest absolute Gasteiger partial charge is 0.356 e. The number of benzene rings is 2. The highest BCUT2D eigenvalue weighted by atomic mass is 32.2. The lowest BCUT2D eigenvalue weighted by Gasteiger charge is -2.07. The van der Waals surface area contributed by atoms with Gasteiger partial charge in [-0.3, -0.25) is 4.79 Å². The minimum Gasteiger partial charge on any atom is -0.356 e. The molecule has 0 saturated carbocycles. The van der Waals surface area contributed by atoms with Crippen LogP contribution < -0.4 is 10.6 Å². The van der Waals surface area contributed by atoms with E-state index in [1.807, 2.05) is 42.5 Å². The molecule has 2 heterocycles. The highest BCUT2D eigenvalue weighted by Gasteiger charge is 2.09. The Balaban J connectivity index is 1.22. The zero-order valence-corrected chi connectivity index (χ0v) is 19.9. The molecule has 33 heavy (non-hydrogen) atoms. The summed E-state index contributed by atoms with van der Waals surface area (Å²) in [6.45, 7) is 0.523. The Morgan fingerprint density at radius 3 is 2.67 bits per heavy atom.